The minimum absolute atomic E-state index is 2.78. The molecule has 0 rings (SSSR count). The van der Waals surface area contributed by atoms with E-state index in [0.29, 0.717) is 0 Å². The summed E-state index contributed by atoms with van der Waals surface area (Å²) in [7, 11) is -0.865. The number of halogens is 6. The van der Waals surface area contributed by atoms with Crippen molar-refractivity contribution < 1.29 is 34.6 Å². The summed E-state index contributed by atoms with van der Waals surface area (Å²) in [6.45, 7) is 0. The standard InChI is InChI=1S/C3ClF5O3S/c4-13(10,11)12-2(6)1(5)3(7,8)9/b2-1+. The number of allylic oxidation sites excluding steroid dienone is 1. The molecule has 0 aromatic rings. The molecule has 0 spiro atoms. The first-order valence-corrected chi connectivity index (χ1v) is 4.54. The zero-order valence-electron chi connectivity index (χ0n) is 5.40. The van der Waals surface area contributed by atoms with Gasteiger partial charge in [-0.1, -0.05) is 0 Å². The van der Waals surface area contributed by atoms with Crippen molar-refractivity contribution in [3.05, 3.63) is 11.8 Å². The van der Waals surface area contributed by atoms with E-state index in [1.807, 2.05) is 0 Å². The molecule has 13 heavy (non-hydrogen) atoms. The highest BCUT2D eigenvalue weighted by atomic mass is 35.7. The van der Waals surface area contributed by atoms with Crippen molar-refractivity contribution in [2.45, 2.75) is 6.18 Å². The van der Waals surface area contributed by atoms with Crippen LogP contribution in [0, 0.1) is 0 Å². The van der Waals surface area contributed by atoms with Crippen LogP contribution >= 0.6 is 10.7 Å². The van der Waals surface area contributed by atoms with Gasteiger partial charge < -0.3 is 4.18 Å². The SMILES string of the molecule is O=S(=O)(Cl)O/C(F)=C(/F)C(F)(F)F. The zero-order chi connectivity index (χ0) is 10.9. The average Bonchev–Trinajstić information content (AvgIpc) is 1.79. The number of hydrogen-bond donors (Lipinski definition) is 0. The molecule has 0 saturated carbocycles. The Bertz CT molecular complexity index is 316. The molecular formula is C3ClF5O3S. The Labute approximate surface area is 73.4 Å². The Morgan fingerprint density at radius 1 is 1.23 bits per heavy atom. The van der Waals surface area contributed by atoms with Crippen molar-refractivity contribution in [1.82, 2.24) is 0 Å². The molecule has 0 bridgehead atoms. The summed E-state index contributed by atoms with van der Waals surface area (Å²) in [5, 5.41) is 0. The first-order chi connectivity index (χ1) is 5.54. The molecule has 0 amide bonds. The van der Waals surface area contributed by atoms with E-state index in [2.05, 4.69) is 14.9 Å². The molecule has 0 aromatic heterocycles. The van der Waals surface area contributed by atoms with Crippen LogP contribution in [-0.4, -0.2) is 14.6 Å². The predicted molar refractivity (Wildman–Crippen MR) is 31.2 cm³/mol. The van der Waals surface area contributed by atoms with Gasteiger partial charge in [-0.2, -0.15) is 30.4 Å². The molecule has 0 aromatic carbocycles. The molecule has 0 unspecified atom stereocenters. The summed E-state index contributed by atoms with van der Waals surface area (Å²) in [4.78, 5) is 0. The second-order valence-electron chi connectivity index (χ2n) is 1.56. The van der Waals surface area contributed by atoms with Crippen LogP contribution in [0.2, 0.25) is 0 Å². The molecule has 78 valence electrons. The molecule has 0 atom stereocenters. The summed E-state index contributed by atoms with van der Waals surface area (Å²) in [5.74, 6) is -3.31. The van der Waals surface area contributed by atoms with Gasteiger partial charge in [0.1, 0.15) is 0 Å². The van der Waals surface area contributed by atoms with Crippen LogP contribution in [-0.2, 0) is 13.5 Å². The van der Waals surface area contributed by atoms with E-state index in [-0.39, 0.29) is 0 Å². The maximum Gasteiger partial charge on any atom is 0.449 e. The summed E-state index contributed by atoms with van der Waals surface area (Å²) >= 11 is 0. The third-order valence-corrected chi connectivity index (χ3v) is 1.13. The van der Waals surface area contributed by atoms with Gasteiger partial charge in [0.05, 0.1) is 10.7 Å². The Morgan fingerprint density at radius 2 is 1.62 bits per heavy atom. The predicted octanol–water partition coefficient (Wildman–Crippen LogP) is 2.16. The zero-order valence-corrected chi connectivity index (χ0v) is 6.97. The average molecular weight is 247 g/mol. The maximum atomic E-state index is 11.9. The van der Waals surface area contributed by atoms with E-state index in [4.69, 9.17) is 0 Å². The van der Waals surface area contributed by atoms with Gasteiger partial charge in [-0.15, -0.1) is 0 Å². The van der Waals surface area contributed by atoms with Crippen molar-refractivity contribution in [2.24, 2.45) is 0 Å². The van der Waals surface area contributed by atoms with Crippen LogP contribution in [0.4, 0.5) is 22.0 Å². The van der Waals surface area contributed by atoms with Gasteiger partial charge in [0.25, 0.3) is 5.83 Å². The fourth-order valence-corrected chi connectivity index (χ4v) is 0.649. The Morgan fingerprint density at radius 3 is 1.85 bits per heavy atom. The van der Waals surface area contributed by atoms with Gasteiger partial charge >= 0.3 is 21.5 Å². The molecule has 0 N–H and O–H groups in total. The van der Waals surface area contributed by atoms with Crippen molar-refractivity contribution in [3.63, 3.8) is 0 Å². The fraction of sp³-hybridized carbons (Fsp3) is 0.333. The van der Waals surface area contributed by atoms with E-state index >= 15 is 0 Å². The summed E-state index contributed by atoms with van der Waals surface area (Å²) in [6.07, 6.45) is -5.66. The first-order valence-electron chi connectivity index (χ1n) is 2.30. The highest BCUT2D eigenvalue weighted by Gasteiger charge is 2.40. The van der Waals surface area contributed by atoms with Gasteiger partial charge in [-0.05, 0) is 0 Å². The smallest absolute Gasteiger partial charge is 0.338 e. The largest absolute Gasteiger partial charge is 0.449 e. The first kappa shape index (κ1) is 12.4. The van der Waals surface area contributed by atoms with Gasteiger partial charge in [0, 0.05) is 0 Å². The molecule has 10 heteroatoms. The van der Waals surface area contributed by atoms with Crippen molar-refractivity contribution in [2.75, 3.05) is 0 Å². The Hall–Kier alpha value is -0.570. The molecule has 0 fully saturated rings. The van der Waals surface area contributed by atoms with Crippen LogP contribution < -0.4 is 0 Å². The van der Waals surface area contributed by atoms with Crippen LogP contribution in [0.3, 0.4) is 0 Å². The lowest BCUT2D eigenvalue weighted by Gasteiger charge is -2.03. The van der Waals surface area contributed by atoms with Crippen molar-refractivity contribution in [1.29, 1.82) is 0 Å². The van der Waals surface area contributed by atoms with E-state index in [1.165, 1.54) is 0 Å². The molecule has 0 heterocycles. The van der Waals surface area contributed by atoms with E-state index in [1.54, 1.807) is 0 Å². The van der Waals surface area contributed by atoms with Crippen LogP contribution in [0.25, 0.3) is 0 Å². The topological polar surface area (TPSA) is 43.4 Å². The number of rotatable bonds is 2. The highest BCUT2D eigenvalue weighted by Crippen LogP contribution is 2.31. The lowest BCUT2D eigenvalue weighted by atomic mass is 10.6. The van der Waals surface area contributed by atoms with Gasteiger partial charge in [0.15, 0.2) is 0 Å². The van der Waals surface area contributed by atoms with Gasteiger partial charge in [-0.25, -0.2) is 0 Å². The number of alkyl halides is 3. The number of hydrogen-bond acceptors (Lipinski definition) is 3. The highest BCUT2D eigenvalue weighted by molar-refractivity contribution is 8.10. The normalized spacial score (nSPS) is 15.2. The summed E-state index contributed by atoms with van der Waals surface area (Å²) in [6, 6.07) is -2.96. The minimum atomic E-state index is -5.66. The molecular weight excluding hydrogens is 247 g/mol. The van der Waals surface area contributed by atoms with Crippen LogP contribution in [0.15, 0.2) is 11.8 Å². The van der Waals surface area contributed by atoms with E-state index in [9.17, 15) is 30.4 Å². The van der Waals surface area contributed by atoms with E-state index in [0.717, 1.165) is 0 Å². The minimum Gasteiger partial charge on any atom is -0.338 e. The van der Waals surface area contributed by atoms with Crippen LogP contribution in [0.1, 0.15) is 0 Å². The Kier molecular flexibility index (Phi) is 3.50. The molecule has 0 aliphatic rings. The lowest BCUT2D eigenvalue weighted by Crippen LogP contribution is -2.11. The Balaban J connectivity index is 4.86. The third kappa shape index (κ3) is 4.88. The van der Waals surface area contributed by atoms with Gasteiger partial charge in [0.2, 0.25) is 0 Å². The molecule has 0 saturated heterocycles. The second-order valence-corrected chi connectivity index (χ2v) is 3.65. The monoisotopic (exact) mass is 246 g/mol. The molecule has 0 radical (unpaired) electrons. The lowest BCUT2D eigenvalue weighted by molar-refractivity contribution is -0.114. The molecule has 0 aliphatic carbocycles. The summed E-state index contributed by atoms with van der Waals surface area (Å²) < 4.78 is 79.9. The van der Waals surface area contributed by atoms with Crippen molar-refractivity contribution in [3.8, 4) is 0 Å². The van der Waals surface area contributed by atoms with Crippen molar-refractivity contribution >= 4 is 20.0 Å². The maximum absolute atomic E-state index is 11.9. The summed E-state index contributed by atoms with van der Waals surface area (Å²) in [5.41, 5.74) is 0. The van der Waals surface area contributed by atoms with E-state index < -0.39 is 27.3 Å². The quantitative estimate of drug-likeness (QED) is 0.426. The second kappa shape index (κ2) is 3.66. The fourth-order valence-electron chi connectivity index (χ4n) is 0.235. The molecule has 0 aliphatic heterocycles. The van der Waals surface area contributed by atoms with Gasteiger partial charge in [-0.3, -0.25) is 0 Å². The molecule has 3 nitrogen and oxygen atoms in total. The van der Waals surface area contributed by atoms with Crippen LogP contribution in [0.5, 0.6) is 0 Å². The third-order valence-electron chi connectivity index (χ3n) is 0.594.